The van der Waals surface area contributed by atoms with E-state index in [0.29, 0.717) is 0 Å². The Morgan fingerprint density at radius 1 is 1.38 bits per heavy atom. The van der Waals surface area contributed by atoms with Gasteiger partial charge in [-0.05, 0) is 18.6 Å². The minimum Gasteiger partial charge on any atom is -0.357 e. The molecule has 0 saturated carbocycles. The lowest BCUT2D eigenvalue weighted by Crippen LogP contribution is -2.25. The van der Waals surface area contributed by atoms with Crippen molar-refractivity contribution in [1.29, 1.82) is 0 Å². The highest BCUT2D eigenvalue weighted by Gasteiger charge is 2.36. The molecule has 0 spiro atoms. The Kier molecular flexibility index (Phi) is 3.58. The first-order chi connectivity index (χ1) is 7.55. The summed E-state index contributed by atoms with van der Waals surface area (Å²) in [6, 6.07) is 0.216. The van der Waals surface area contributed by atoms with E-state index in [2.05, 4.69) is 14.7 Å². The summed E-state index contributed by atoms with van der Waals surface area (Å²) in [4.78, 5) is 3.44. The lowest BCUT2D eigenvalue weighted by atomic mass is 10.2. The zero-order chi connectivity index (χ0) is 11.6. The molecule has 1 aliphatic rings. The van der Waals surface area contributed by atoms with Gasteiger partial charge in [0.2, 0.25) is 11.0 Å². The molecule has 2 heterocycles. The van der Waals surface area contributed by atoms with Crippen molar-refractivity contribution in [3.63, 3.8) is 0 Å². The van der Waals surface area contributed by atoms with Gasteiger partial charge in [-0.15, -0.1) is 0 Å². The van der Waals surface area contributed by atoms with Crippen molar-refractivity contribution >= 4 is 28.4 Å². The van der Waals surface area contributed by atoms with Gasteiger partial charge in [0, 0.05) is 23.3 Å². The van der Waals surface area contributed by atoms with Gasteiger partial charge in [0.05, 0.1) is 0 Å². The summed E-state index contributed by atoms with van der Waals surface area (Å²) >= 11 is 2.57. The van der Waals surface area contributed by atoms with E-state index in [0.717, 1.165) is 35.9 Å². The quantitative estimate of drug-likeness (QED) is 0.896. The van der Waals surface area contributed by atoms with Crippen molar-refractivity contribution in [2.45, 2.75) is 25.1 Å². The Morgan fingerprint density at radius 2 is 2.19 bits per heavy atom. The number of alkyl halides is 3. The van der Waals surface area contributed by atoms with E-state index in [1.54, 1.807) is 11.8 Å². The fourth-order valence-electron chi connectivity index (χ4n) is 1.43. The number of halogens is 3. The molecule has 0 aromatic carbocycles. The average molecular weight is 269 g/mol. The molecule has 16 heavy (non-hydrogen) atoms. The molecular formula is C8H10F3N3S2. The maximum Gasteiger partial charge on any atom is 0.452 e. The van der Waals surface area contributed by atoms with Gasteiger partial charge in [-0.2, -0.15) is 34.3 Å². The Balaban J connectivity index is 1.97. The van der Waals surface area contributed by atoms with E-state index in [9.17, 15) is 13.2 Å². The predicted molar refractivity (Wildman–Crippen MR) is 58.9 cm³/mol. The molecule has 1 fully saturated rings. The van der Waals surface area contributed by atoms with E-state index in [4.69, 9.17) is 0 Å². The highest BCUT2D eigenvalue weighted by Crippen LogP contribution is 2.29. The van der Waals surface area contributed by atoms with Crippen LogP contribution >= 0.6 is 23.3 Å². The molecule has 1 atom stereocenters. The van der Waals surface area contributed by atoms with Crippen molar-refractivity contribution in [3.05, 3.63) is 5.82 Å². The Morgan fingerprint density at radius 3 is 2.75 bits per heavy atom. The van der Waals surface area contributed by atoms with Gasteiger partial charge in [0.1, 0.15) is 0 Å². The van der Waals surface area contributed by atoms with Gasteiger partial charge in [-0.1, -0.05) is 0 Å². The summed E-state index contributed by atoms with van der Waals surface area (Å²) < 4.78 is 40.0. The van der Waals surface area contributed by atoms with Crippen LogP contribution in [0.1, 0.15) is 18.7 Å². The number of aromatic nitrogens is 2. The topological polar surface area (TPSA) is 37.8 Å². The Labute approximate surface area is 99.0 Å². The lowest BCUT2D eigenvalue weighted by molar-refractivity contribution is -0.144. The molecule has 2 rings (SSSR count). The zero-order valence-electron chi connectivity index (χ0n) is 8.25. The highest BCUT2D eigenvalue weighted by molar-refractivity contribution is 7.99. The molecular weight excluding hydrogens is 259 g/mol. The summed E-state index contributed by atoms with van der Waals surface area (Å²) in [5.74, 6) is 0.992. The fraction of sp³-hybridized carbons (Fsp3) is 0.750. The first-order valence-electron chi connectivity index (χ1n) is 4.81. The van der Waals surface area contributed by atoms with E-state index >= 15 is 0 Å². The number of hydrogen-bond acceptors (Lipinski definition) is 5. The number of thioether (sulfide) groups is 1. The monoisotopic (exact) mass is 269 g/mol. The number of anilines is 1. The van der Waals surface area contributed by atoms with Crippen LogP contribution in [0.5, 0.6) is 0 Å². The van der Waals surface area contributed by atoms with Crippen molar-refractivity contribution in [2.75, 3.05) is 16.8 Å². The second-order valence-electron chi connectivity index (χ2n) is 3.48. The third-order valence-corrected chi connectivity index (χ3v) is 4.03. The van der Waals surface area contributed by atoms with Crippen molar-refractivity contribution in [3.8, 4) is 0 Å². The molecule has 1 aromatic heterocycles. The molecule has 1 N–H and O–H groups in total. The van der Waals surface area contributed by atoms with Crippen molar-refractivity contribution in [1.82, 2.24) is 9.36 Å². The standard InChI is InChI=1S/C8H10F3N3S2/c9-8(10,11)6-13-7(16-14-6)12-5-2-1-3-15-4-5/h5H,1-4H2,(H,12,13,14). The van der Waals surface area contributed by atoms with Crippen LogP contribution in [-0.2, 0) is 6.18 Å². The minimum atomic E-state index is -4.45. The van der Waals surface area contributed by atoms with Crippen LogP contribution in [0.2, 0.25) is 0 Å². The molecule has 0 bridgehead atoms. The molecule has 8 heteroatoms. The number of hydrogen-bond donors (Lipinski definition) is 1. The van der Waals surface area contributed by atoms with E-state index in [1.807, 2.05) is 0 Å². The maximum atomic E-state index is 12.2. The van der Waals surface area contributed by atoms with E-state index in [1.165, 1.54) is 0 Å². The molecule has 1 saturated heterocycles. The molecule has 0 amide bonds. The van der Waals surface area contributed by atoms with Gasteiger partial charge < -0.3 is 5.32 Å². The van der Waals surface area contributed by atoms with Crippen LogP contribution in [0.25, 0.3) is 0 Å². The highest BCUT2D eigenvalue weighted by atomic mass is 32.2. The summed E-state index contributed by atoms with van der Waals surface area (Å²) in [5, 5.41) is 3.26. The van der Waals surface area contributed by atoms with E-state index < -0.39 is 12.0 Å². The SMILES string of the molecule is FC(F)(F)c1nsc(NC2CCCSC2)n1. The van der Waals surface area contributed by atoms with Gasteiger partial charge >= 0.3 is 6.18 Å². The predicted octanol–water partition coefficient (Wildman–Crippen LogP) is 2.86. The average Bonchev–Trinajstić information content (AvgIpc) is 2.67. The second kappa shape index (κ2) is 4.79. The van der Waals surface area contributed by atoms with Crippen LogP contribution in [-0.4, -0.2) is 26.9 Å². The maximum absolute atomic E-state index is 12.2. The van der Waals surface area contributed by atoms with Crippen LogP contribution < -0.4 is 5.32 Å². The van der Waals surface area contributed by atoms with Crippen LogP contribution in [0.4, 0.5) is 18.3 Å². The summed E-state index contributed by atoms with van der Waals surface area (Å²) in [6.45, 7) is 0. The zero-order valence-corrected chi connectivity index (χ0v) is 9.88. The molecule has 1 aromatic rings. The summed E-state index contributed by atoms with van der Waals surface area (Å²) in [5.41, 5.74) is 0. The van der Waals surface area contributed by atoms with Crippen LogP contribution in [0.3, 0.4) is 0 Å². The Hall–Kier alpha value is -0.500. The first-order valence-corrected chi connectivity index (χ1v) is 6.74. The normalized spacial score (nSPS) is 22.1. The smallest absolute Gasteiger partial charge is 0.357 e. The number of rotatable bonds is 2. The number of nitrogens with zero attached hydrogens (tertiary/aromatic N) is 2. The van der Waals surface area contributed by atoms with Crippen molar-refractivity contribution in [2.24, 2.45) is 0 Å². The second-order valence-corrected chi connectivity index (χ2v) is 5.38. The van der Waals surface area contributed by atoms with Gasteiger partial charge in [-0.25, -0.2) is 0 Å². The van der Waals surface area contributed by atoms with Gasteiger partial charge in [-0.3, -0.25) is 0 Å². The third-order valence-electron chi connectivity index (χ3n) is 2.17. The van der Waals surface area contributed by atoms with E-state index in [-0.39, 0.29) is 11.2 Å². The van der Waals surface area contributed by atoms with Gasteiger partial charge in [0.15, 0.2) is 0 Å². The first kappa shape index (κ1) is 12.0. The molecule has 1 unspecified atom stereocenters. The third kappa shape index (κ3) is 3.00. The van der Waals surface area contributed by atoms with Gasteiger partial charge in [0.25, 0.3) is 0 Å². The van der Waals surface area contributed by atoms with Crippen LogP contribution in [0, 0.1) is 0 Å². The lowest BCUT2D eigenvalue weighted by Gasteiger charge is -2.21. The van der Waals surface area contributed by atoms with Crippen LogP contribution in [0.15, 0.2) is 0 Å². The fourth-order valence-corrected chi connectivity index (χ4v) is 3.16. The molecule has 90 valence electrons. The molecule has 3 nitrogen and oxygen atoms in total. The largest absolute Gasteiger partial charge is 0.452 e. The van der Waals surface area contributed by atoms with Crippen molar-refractivity contribution < 1.29 is 13.2 Å². The summed E-state index contributed by atoms with van der Waals surface area (Å²) in [6.07, 6.45) is -2.38. The minimum absolute atomic E-state index is 0.216. The molecule has 0 aliphatic carbocycles. The molecule has 1 aliphatic heterocycles. The Bertz CT molecular complexity index is 347. The molecule has 0 radical (unpaired) electrons. The number of nitrogens with one attached hydrogen (secondary N) is 1. The summed E-state index contributed by atoms with van der Waals surface area (Å²) in [7, 11) is 0.